The Morgan fingerprint density at radius 2 is 2.14 bits per heavy atom. The minimum Gasteiger partial charge on any atom is -0.369 e. The van der Waals surface area contributed by atoms with Crippen molar-refractivity contribution in [3.05, 3.63) is 47.5 Å². The van der Waals surface area contributed by atoms with E-state index in [9.17, 15) is 13.2 Å². The number of halogens is 3. The van der Waals surface area contributed by atoms with Gasteiger partial charge in [-0.1, -0.05) is 0 Å². The van der Waals surface area contributed by atoms with E-state index in [2.05, 4.69) is 9.55 Å². The quantitative estimate of drug-likeness (QED) is 0.827. The number of benzene rings is 1. The lowest BCUT2D eigenvalue weighted by molar-refractivity contribution is -0.137. The molecule has 150 valence electrons. The fraction of sp³-hybridized carbons (Fsp3) is 0.500. The second-order valence-corrected chi connectivity index (χ2v) is 7.10. The van der Waals surface area contributed by atoms with E-state index in [-0.39, 0.29) is 17.6 Å². The molecular weight excluding hydrogens is 367 g/mol. The van der Waals surface area contributed by atoms with Crippen LogP contribution in [0.1, 0.15) is 55.5 Å². The summed E-state index contributed by atoms with van der Waals surface area (Å²) >= 11 is 0. The molecule has 0 spiro atoms. The third kappa shape index (κ3) is 3.99. The highest BCUT2D eigenvalue weighted by atomic mass is 19.4. The largest absolute Gasteiger partial charge is 0.417 e. The molecule has 0 bridgehead atoms. The molecule has 1 aliphatic carbocycles. The van der Waals surface area contributed by atoms with E-state index in [0.717, 1.165) is 37.4 Å². The number of nitrogens with zero attached hydrogens (tertiary/aromatic N) is 4. The van der Waals surface area contributed by atoms with Crippen LogP contribution in [0.15, 0.2) is 30.7 Å². The molecule has 28 heavy (non-hydrogen) atoms. The van der Waals surface area contributed by atoms with Gasteiger partial charge in [0.2, 0.25) is 0 Å². The monoisotopic (exact) mass is 391 g/mol. The maximum absolute atomic E-state index is 13.4. The molecule has 2 atom stereocenters. The maximum atomic E-state index is 13.4. The van der Waals surface area contributed by atoms with Crippen LogP contribution in [0.2, 0.25) is 0 Å². The number of nitriles is 1. The Hall–Kier alpha value is -2.53. The van der Waals surface area contributed by atoms with E-state index < -0.39 is 11.7 Å². The standard InChI is InChI=1S/C20H24F3N5/c1-2-27(17-7-6-14(10-24)19(9-17)20(21,22)23)15-4-3-5-16(8-15)28-13-26-12-18(28)11-25/h6-7,9,12-13,15-16H,2-5,8,11,25H2,1H3. The zero-order valence-corrected chi connectivity index (χ0v) is 15.8. The Bertz CT molecular complexity index is 852. The Morgan fingerprint density at radius 3 is 2.79 bits per heavy atom. The van der Waals surface area contributed by atoms with E-state index in [1.165, 1.54) is 6.07 Å². The summed E-state index contributed by atoms with van der Waals surface area (Å²) in [5.41, 5.74) is 6.04. The normalized spacial score (nSPS) is 20.0. The number of nitrogens with two attached hydrogens (primary N) is 1. The molecule has 0 amide bonds. The van der Waals surface area contributed by atoms with Crippen molar-refractivity contribution in [3.8, 4) is 6.07 Å². The third-order valence-electron chi connectivity index (χ3n) is 5.51. The molecule has 2 unspecified atom stereocenters. The van der Waals surface area contributed by atoms with Gasteiger partial charge in [-0.3, -0.25) is 0 Å². The number of aromatic nitrogens is 2. The molecule has 1 heterocycles. The molecular formula is C20H24F3N5. The molecule has 2 N–H and O–H groups in total. The Kier molecular flexibility index (Phi) is 5.94. The molecule has 1 aromatic carbocycles. The molecule has 1 aromatic heterocycles. The van der Waals surface area contributed by atoms with E-state index in [1.54, 1.807) is 24.7 Å². The highest BCUT2D eigenvalue weighted by molar-refractivity contribution is 5.55. The van der Waals surface area contributed by atoms with Gasteiger partial charge in [0.15, 0.2) is 0 Å². The average molecular weight is 391 g/mol. The van der Waals surface area contributed by atoms with E-state index in [0.29, 0.717) is 18.8 Å². The van der Waals surface area contributed by atoms with Gasteiger partial charge in [0.25, 0.3) is 0 Å². The smallest absolute Gasteiger partial charge is 0.369 e. The highest BCUT2D eigenvalue weighted by Crippen LogP contribution is 2.38. The van der Waals surface area contributed by atoms with Crippen LogP contribution in [-0.4, -0.2) is 22.1 Å². The van der Waals surface area contributed by atoms with Crippen molar-refractivity contribution < 1.29 is 13.2 Å². The van der Waals surface area contributed by atoms with Crippen LogP contribution in [0.3, 0.4) is 0 Å². The number of hydrogen-bond acceptors (Lipinski definition) is 4. The summed E-state index contributed by atoms with van der Waals surface area (Å²) in [6.07, 6.45) is 2.71. The van der Waals surface area contributed by atoms with Gasteiger partial charge in [-0.15, -0.1) is 0 Å². The van der Waals surface area contributed by atoms with Crippen molar-refractivity contribution >= 4 is 5.69 Å². The summed E-state index contributed by atoms with van der Waals surface area (Å²) in [6.45, 7) is 2.94. The number of rotatable bonds is 5. The molecule has 0 radical (unpaired) electrons. The zero-order valence-electron chi connectivity index (χ0n) is 15.8. The van der Waals surface area contributed by atoms with Crippen LogP contribution in [-0.2, 0) is 12.7 Å². The topological polar surface area (TPSA) is 70.9 Å². The molecule has 0 saturated heterocycles. The molecule has 3 rings (SSSR count). The summed E-state index contributed by atoms with van der Waals surface area (Å²) in [6, 6.07) is 5.98. The van der Waals surface area contributed by atoms with Crippen LogP contribution < -0.4 is 10.6 Å². The molecule has 1 fully saturated rings. The first-order valence-corrected chi connectivity index (χ1v) is 9.47. The van der Waals surface area contributed by atoms with E-state index in [1.807, 2.05) is 11.8 Å². The predicted molar refractivity (Wildman–Crippen MR) is 101 cm³/mol. The maximum Gasteiger partial charge on any atom is 0.417 e. The minimum absolute atomic E-state index is 0.116. The number of alkyl halides is 3. The molecule has 8 heteroatoms. The van der Waals surface area contributed by atoms with Gasteiger partial charge in [0.1, 0.15) is 0 Å². The minimum atomic E-state index is -4.55. The fourth-order valence-electron chi connectivity index (χ4n) is 4.19. The number of anilines is 1. The third-order valence-corrected chi connectivity index (χ3v) is 5.51. The molecule has 1 aliphatic rings. The first-order valence-electron chi connectivity index (χ1n) is 9.47. The molecule has 1 saturated carbocycles. The van der Waals surface area contributed by atoms with Crippen molar-refractivity contribution in [2.45, 2.75) is 57.4 Å². The summed E-state index contributed by atoms with van der Waals surface area (Å²) in [5, 5.41) is 9.02. The van der Waals surface area contributed by atoms with Crippen molar-refractivity contribution in [1.29, 1.82) is 5.26 Å². The lowest BCUT2D eigenvalue weighted by atomic mass is 9.89. The number of hydrogen-bond donors (Lipinski definition) is 1. The van der Waals surface area contributed by atoms with Crippen LogP contribution >= 0.6 is 0 Å². The Morgan fingerprint density at radius 1 is 1.36 bits per heavy atom. The first-order chi connectivity index (χ1) is 13.4. The van der Waals surface area contributed by atoms with E-state index in [4.69, 9.17) is 11.0 Å². The van der Waals surface area contributed by atoms with Gasteiger partial charge in [0, 0.05) is 37.1 Å². The highest BCUT2D eigenvalue weighted by Gasteiger charge is 2.35. The van der Waals surface area contributed by atoms with Gasteiger partial charge in [-0.2, -0.15) is 18.4 Å². The van der Waals surface area contributed by atoms with Gasteiger partial charge in [0.05, 0.1) is 29.2 Å². The summed E-state index contributed by atoms with van der Waals surface area (Å²) in [5.74, 6) is 0. The van der Waals surface area contributed by atoms with Crippen molar-refractivity contribution in [3.63, 3.8) is 0 Å². The molecule has 0 aliphatic heterocycles. The van der Waals surface area contributed by atoms with Gasteiger partial charge in [-0.25, -0.2) is 4.98 Å². The lowest BCUT2D eigenvalue weighted by Crippen LogP contribution is -2.39. The van der Waals surface area contributed by atoms with Crippen LogP contribution in [0.25, 0.3) is 0 Å². The molecule has 5 nitrogen and oxygen atoms in total. The first kappa shape index (κ1) is 20.2. The SMILES string of the molecule is CCN(c1ccc(C#N)c(C(F)(F)F)c1)C1CCCC(n2cncc2CN)C1. The summed E-state index contributed by atoms with van der Waals surface area (Å²) < 4.78 is 42.2. The summed E-state index contributed by atoms with van der Waals surface area (Å²) in [7, 11) is 0. The van der Waals surface area contributed by atoms with Crippen LogP contribution in [0, 0.1) is 11.3 Å². The van der Waals surface area contributed by atoms with Crippen LogP contribution in [0.5, 0.6) is 0 Å². The van der Waals surface area contributed by atoms with Crippen molar-refractivity contribution in [2.24, 2.45) is 5.73 Å². The zero-order chi connectivity index (χ0) is 20.3. The van der Waals surface area contributed by atoms with Crippen LogP contribution in [0.4, 0.5) is 18.9 Å². The van der Waals surface area contributed by atoms with Crippen molar-refractivity contribution in [1.82, 2.24) is 9.55 Å². The van der Waals surface area contributed by atoms with Crippen molar-refractivity contribution in [2.75, 3.05) is 11.4 Å². The Balaban J connectivity index is 1.88. The summed E-state index contributed by atoms with van der Waals surface area (Å²) in [4.78, 5) is 6.20. The fourth-order valence-corrected chi connectivity index (χ4v) is 4.19. The second kappa shape index (κ2) is 8.23. The second-order valence-electron chi connectivity index (χ2n) is 7.10. The van der Waals surface area contributed by atoms with E-state index >= 15 is 0 Å². The van der Waals surface area contributed by atoms with Gasteiger partial charge in [-0.05, 0) is 50.8 Å². The van der Waals surface area contributed by atoms with Gasteiger partial charge < -0.3 is 15.2 Å². The number of imidazole rings is 1. The van der Waals surface area contributed by atoms with Gasteiger partial charge >= 0.3 is 6.18 Å². The lowest BCUT2D eigenvalue weighted by Gasteiger charge is -2.39. The molecule has 2 aromatic rings. The average Bonchev–Trinajstić information content (AvgIpc) is 3.17. The Labute approximate surface area is 162 Å². The predicted octanol–water partition coefficient (Wildman–Crippen LogP) is 4.24.